The number of benzene rings is 2. The second-order valence-electron chi connectivity index (χ2n) is 7.42. The molecule has 5 nitrogen and oxygen atoms in total. The van der Waals surface area contributed by atoms with Crippen molar-refractivity contribution in [3.8, 4) is 5.88 Å². The summed E-state index contributed by atoms with van der Waals surface area (Å²) >= 11 is 6.15. The molecular weight excluding hydrogens is 419 g/mol. The van der Waals surface area contributed by atoms with E-state index in [1.807, 2.05) is 6.07 Å². The molecule has 0 radical (unpaired) electrons. The Bertz CT molecular complexity index is 1070. The summed E-state index contributed by atoms with van der Waals surface area (Å²) in [6.45, 7) is 1.40. The summed E-state index contributed by atoms with van der Waals surface area (Å²) in [7, 11) is 0. The largest absolute Gasteiger partial charge is 0.471 e. The van der Waals surface area contributed by atoms with Gasteiger partial charge in [-0.2, -0.15) is 0 Å². The molecule has 1 N–H and O–H groups in total. The predicted molar refractivity (Wildman–Crippen MR) is 118 cm³/mol. The second-order valence-corrected chi connectivity index (χ2v) is 7.83. The lowest BCUT2D eigenvalue weighted by molar-refractivity contribution is 0.103. The molecule has 3 aromatic rings. The smallest absolute Gasteiger partial charge is 0.232 e. The molecule has 0 amide bonds. The van der Waals surface area contributed by atoms with Gasteiger partial charge in [0.1, 0.15) is 16.9 Å². The van der Waals surface area contributed by atoms with Gasteiger partial charge >= 0.3 is 0 Å². The van der Waals surface area contributed by atoms with Crippen molar-refractivity contribution in [2.45, 2.75) is 18.9 Å². The summed E-state index contributed by atoms with van der Waals surface area (Å²) in [4.78, 5) is 19.2. The van der Waals surface area contributed by atoms with E-state index >= 15 is 0 Å². The zero-order chi connectivity index (χ0) is 21.8. The van der Waals surface area contributed by atoms with E-state index in [0.717, 1.165) is 24.2 Å². The van der Waals surface area contributed by atoms with Crippen LogP contribution in [0.3, 0.4) is 0 Å². The summed E-state index contributed by atoms with van der Waals surface area (Å²) in [5, 5.41) is 10.0. The number of carbonyl (C=O) groups is 1. The van der Waals surface area contributed by atoms with Gasteiger partial charge < -0.3 is 14.7 Å². The summed E-state index contributed by atoms with van der Waals surface area (Å²) in [5.74, 6) is -0.143. The fourth-order valence-corrected chi connectivity index (χ4v) is 3.95. The topological polar surface area (TPSA) is 62.7 Å². The number of hydrogen-bond donors (Lipinski definition) is 1. The lowest BCUT2D eigenvalue weighted by atomic mass is 9.98. The van der Waals surface area contributed by atoms with Crippen LogP contribution in [0.25, 0.3) is 0 Å². The normalized spacial score (nSPS) is 15.8. The SMILES string of the molecule is O=C(c1ccc(F)cc1)c1ccc(N2CCC(Oc3ncccc3Cl)C2)c(CCO)c1. The number of aliphatic hydroxyl groups excluding tert-OH is 1. The van der Waals surface area contributed by atoms with Crippen LogP contribution in [0.15, 0.2) is 60.8 Å². The molecule has 1 fully saturated rings. The first-order valence-electron chi connectivity index (χ1n) is 10.1. The van der Waals surface area contributed by atoms with Crippen molar-refractivity contribution < 1.29 is 19.0 Å². The lowest BCUT2D eigenvalue weighted by Gasteiger charge is -2.23. The minimum absolute atomic E-state index is 0.0293. The van der Waals surface area contributed by atoms with Gasteiger partial charge in [-0.25, -0.2) is 9.37 Å². The Morgan fingerprint density at radius 1 is 1.19 bits per heavy atom. The maximum atomic E-state index is 13.2. The molecule has 0 saturated carbocycles. The zero-order valence-electron chi connectivity index (χ0n) is 16.8. The molecule has 0 bridgehead atoms. The van der Waals surface area contributed by atoms with Crippen molar-refractivity contribution in [3.63, 3.8) is 0 Å². The van der Waals surface area contributed by atoms with Gasteiger partial charge in [0.2, 0.25) is 5.88 Å². The number of halogens is 2. The molecular formula is C24H22ClFN2O3. The number of pyridine rings is 1. The molecule has 1 aliphatic heterocycles. The van der Waals surface area contributed by atoms with E-state index in [2.05, 4.69) is 9.88 Å². The van der Waals surface area contributed by atoms with Gasteiger partial charge in [0.15, 0.2) is 5.78 Å². The van der Waals surface area contributed by atoms with Crippen molar-refractivity contribution in [3.05, 3.63) is 88.3 Å². The number of nitrogens with zero attached hydrogens (tertiary/aromatic N) is 2. The molecule has 4 rings (SSSR count). The molecule has 160 valence electrons. The van der Waals surface area contributed by atoms with Gasteiger partial charge in [0.05, 0.1) is 6.54 Å². The number of aliphatic hydroxyl groups is 1. The van der Waals surface area contributed by atoms with E-state index in [1.54, 1.807) is 30.5 Å². The van der Waals surface area contributed by atoms with Crippen LogP contribution < -0.4 is 9.64 Å². The first-order chi connectivity index (χ1) is 15.0. The van der Waals surface area contributed by atoms with Gasteiger partial charge in [0, 0.05) is 42.6 Å². The van der Waals surface area contributed by atoms with Crippen molar-refractivity contribution in [2.75, 3.05) is 24.6 Å². The van der Waals surface area contributed by atoms with Crippen LogP contribution in [0, 0.1) is 5.82 Å². The number of ketones is 1. The number of ether oxygens (including phenoxy) is 1. The first kappa shape index (κ1) is 21.3. The van der Waals surface area contributed by atoms with E-state index in [-0.39, 0.29) is 24.3 Å². The Labute approximate surface area is 185 Å². The van der Waals surface area contributed by atoms with Gasteiger partial charge in [-0.3, -0.25) is 4.79 Å². The molecule has 0 spiro atoms. The van der Waals surface area contributed by atoms with Crippen LogP contribution in [-0.2, 0) is 6.42 Å². The predicted octanol–water partition coefficient (Wildman–Crippen LogP) is 4.30. The van der Waals surface area contributed by atoms with Gasteiger partial charge in [-0.05, 0) is 66.6 Å². The highest BCUT2D eigenvalue weighted by atomic mass is 35.5. The molecule has 31 heavy (non-hydrogen) atoms. The van der Waals surface area contributed by atoms with Gasteiger partial charge in [0.25, 0.3) is 0 Å². The molecule has 1 atom stereocenters. The molecule has 2 aromatic carbocycles. The highest BCUT2D eigenvalue weighted by molar-refractivity contribution is 6.31. The monoisotopic (exact) mass is 440 g/mol. The maximum Gasteiger partial charge on any atom is 0.232 e. The Kier molecular flexibility index (Phi) is 6.49. The number of carbonyl (C=O) groups excluding carboxylic acids is 1. The average molecular weight is 441 g/mol. The van der Waals surface area contributed by atoms with E-state index in [4.69, 9.17) is 16.3 Å². The summed E-state index contributed by atoms with van der Waals surface area (Å²) in [6, 6.07) is 14.5. The fraction of sp³-hybridized carbons (Fsp3) is 0.250. The third-order valence-corrected chi connectivity index (χ3v) is 5.61. The van der Waals surface area contributed by atoms with Gasteiger partial charge in [-0.1, -0.05) is 11.6 Å². The number of anilines is 1. The summed E-state index contributed by atoms with van der Waals surface area (Å²) in [5.41, 5.74) is 2.77. The van der Waals surface area contributed by atoms with E-state index in [1.165, 1.54) is 24.3 Å². The highest BCUT2D eigenvalue weighted by Crippen LogP contribution is 2.30. The van der Waals surface area contributed by atoms with E-state index in [0.29, 0.717) is 35.0 Å². The van der Waals surface area contributed by atoms with Crippen molar-refractivity contribution in [1.82, 2.24) is 4.98 Å². The molecule has 1 saturated heterocycles. The molecule has 1 aliphatic rings. The van der Waals surface area contributed by atoms with Crippen LogP contribution in [0.2, 0.25) is 5.02 Å². The molecule has 1 aromatic heterocycles. The Balaban J connectivity index is 1.52. The summed E-state index contributed by atoms with van der Waals surface area (Å²) < 4.78 is 19.1. The third-order valence-electron chi connectivity index (χ3n) is 5.32. The average Bonchev–Trinajstić information content (AvgIpc) is 3.24. The maximum absolute atomic E-state index is 13.2. The van der Waals surface area contributed by atoms with Crippen LogP contribution >= 0.6 is 11.6 Å². The number of aromatic nitrogens is 1. The molecule has 7 heteroatoms. The molecule has 1 unspecified atom stereocenters. The Hall–Kier alpha value is -2.96. The second kappa shape index (κ2) is 9.45. The Morgan fingerprint density at radius 3 is 2.71 bits per heavy atom. The van der Waals surface area contributed by atoms with Crippen LogP contribution in [0.4, 0.5) is 10.1 Å². The number of hydrogen-bond acceptors (Lipinski definition) is 5. The van der Waals surface area contributed by atoms with Crippen molar-refractivity contribution in [2.24, 2.45) is 0 Å². The minimum atomic E-state index is -0.384. The molecule has 2 heterocycles. The Morgan fingerprint density at radius 2 is 1.97 bits per heavy atom. The molecule has 0 aliphatic carbocycles. The quantitative estimate of drug-likeness (QED) is 0.555. The number of rotatable bonds is 7. The van der Waals surface area contributed by atoms with E-state index in [9.17, 15) is 14.3 Å². The third kappa shape index (κ3) is 4.86. The van der Waals surface area contributed by atoms with E-state index < -0.39 is 0 Å². The minimum Gasteiger partial charge on any atom is -0.471 e. The van der Waals surface area contributed by atoms with Crippen molar-refractivity contribution >= 4 is 23.1 Å². The van der Waals surface area contributed by atoms with Crippen molar-refractivity contribution in [1.29, 1.82) is 0 Å². The standard InChI is InChI=1S/C24H22ClFN2O3/c25-21-2-1-11-27-24(21)31-20-9-12-28(15-20)22-8-5-18(14-17(22)10-13-29)23(30)16-3-6-19(26)7-4-16/h1-8,11,14,20,29H,9-10,12-13,15H2. The van der Waals surface area contributed by atoms with Crippen LogP contribution in [0.5, 0.6) is 5.88 Å². The van der Waals surface area contributed by atoms with Crippen LogP contribution in [-0.4, -0.2) is 41.7 Å². The zero-order valence-corrected chi connectivity index (χ0v) is 17.6. The van der Waals surface area contributed by atoms with Gasteiger partial charge in [-0.15, -0.1) is 0 Å². The summed E-state index contributed by atoms with van der Waals surface area (Å²) in [6.07, 6.45) is 2.81. The first-order valence-corrected chi connectivity index (χ1v) is 10.5. The fourth-order valence-electron chi connectivity index (χ4n) is 3.78. The lowest BCUT2D eigenvalue weighted by Crippen LogP contribution is -2.26. The highest BCUT2D eigenvalue weighted by Gasteiger charge is 2.27. The van der Waals surface area contributed by atoms with Crippen LogP contribution in [0.1, 0.15) is 27.9 Å².